The summed E-state index contributed by atoms with van der Waals surface area (Å²) in [6.07, 6.45) is 1.95. The number of rotatable bonds is 3. The van der Waals surface area contributed by atoms with Crippen LogP contribution in [0.2, 0.25) is 0 Å². The highest BCUT2D eigenvalue weighted by atomic mass is 16.5. The first-order valence-electron chi connectivity index (χ1n) is 9.58. The van der Waals surface area contributed by atoms with Crippen LogP contribution in [0.1, 0.15) is 40.0 Å². The van der Waals surface area contributed by atoms with Gasteiger partial charge in [0.1, 0.15) is 5.78 Å². The highest BCUT2D eigenvalue weighted by Gasteiger charge is 2.72. The lowest BCUT2D eigenvalue weighted by molar-refractivity contribution is -0.131. The van der Waals surface area contributed by atoms with E-state index in [0.717, 1.165) is 37.3 Å². The Labute approximate surface area is 155 Å². The van der Waals surface area contributed by atoms with Crippen LogP contribution in [0, 0.1) is 16.2 Å². The summed E-state index contributed by atoms with van der Waals surface area (Å²) in [5, 5.41) is 3.19. The lowest BCUT2D eigenvalue weighted by Gasteiger charge is -2.39. The van der Waals surface area contributed by atoms with Crippen LogP contribution < -0.4 is 10.2 Å². The lowest BCUT2D eigenvalue weighted by Crippen LogP contribution is -2.44. The molecule has 3 aliphatic rings. The number of para-hydroxylation sites is 2. The van der Waals surface area contributed by atoms with Gasteiger partial charge in [-0.05, 0) is 30.4 Å². The third-order valence-corrected chi connectivity index (χ3v) is 7.64. The number of hydrogen-bond donors (Lipinski definition) is 1. The van der Waals surface area contributed by atoms with Crippen LogP contribution in [-0.2, 0) is 14.3 Å². The molecule has 5 heteroatoms. The number of anilines is 2. The van der Waals surface area contributed by atoms with Crippen molar-refractivity contribution in [2.75, 3.05) is 36.5 Å². The van der Waals surface area contributed by atoms with E-state index in [0.29, 0.717) is 19.6 Å². The average Bonchev–Trinajstić information content (AvgIpc) is 2.93. The predicted molar refractivity (Wildman–Crippen MR) is 101 cm³/mol. The number of ether oxygens (including phenoxy) is 1. The molecule has 2 atom stereocenters. The molecule has 5 nitrogen and oxygen atoms in total. The first-order valence-corrected chi connectivity index (χ1v) is 9.58. The van der Waals surface area contributed by atoms with Crippen LogP contribution in [-0.4, -0.2) is 38.0 Å². The number of hydrogen-bond acceptors (Lipinski definition) is 4. The van der Waals surface area contributed by atoms with Crippen molar-refractivity contribution in [3.63, 3.8) is 0 Å². The standard InChI is InChI=1S/C21H28N2O3/c1-19(2)20(3)8-9-21(19,14-17(20)24)18(25)22-15-6-4-5-7-16(15)23-10-12-26-13-11-23/h4-7H,8-14H2,1-3H3,(H,22,25)/t20-,21+/m0/s1. The van der Waals surface area contributed by atoms with E-state index in [1.165, 1.54) is 0 Å². The largest absolute Gasteiger partial charge is 0.378 e. The van der Waals surface area contributed by atoms with Gasteiger partial charge in [0.15, 0.2) is 0 Å². The van der Waals surface area contributed by atoms with Crippen molar-refractivity contribution < 1.29 is 14.3 Å². The molecule has 0 radical (unpaired) electrons. The number of carbonyl (C=O) groups is 2. The highest BCUT2D eigenvalue weighted by molar-refractivity contribution is 6.05. The maximum atomic E-state index is 13.4. The molecule has 26 heavy (non-hydrogen) atoms. The van der Waals surface area contributed by atoms with E-state index < -0.39 is 5.41 Å². The van der Waals surface area contributed by atoms with Gasteiger partial charge in [-0.2, -0.15) is 0 Å². The van der Waals surface area contributed by atoms with E-state index in [1.54, 1.807) is 0 Å². The summed E-state index contributed by atoms with van der Waals surface area (Å²) in [4.78, 5) is 28.3. The van der Waals surface area contributed by atoms with Gasteiger partial charge in [-0.15, -0.1) is 0 Å². The SMILES string of the molecule is CC1(C)[C@]2(C(=O)Nc3ccccc3N3CCOCC3)CC[C@@]1(C)C(=O)C2. The number of carbonyl (C=O) groups excluding carboxylic acids is 2. The Hall–Kier alpha value is -1.88. The molecule has 2 aliphatic carbocycles. The van der Waals surface area contributed by atoms with Crippen LogP contribution in [0.15, 0.2) is 24.3 Å². The molecule has 1 amide bonds. The molecule has 1 saturated heterocycles. The number of benzene rings is 1. The van der Waals surface area contributed by atoms with Gasteiger partial charge in [-0.1, -0.05) is 32.9 Å². The Kier molecular flexibility index (Phi) is 3.92. The maximum Gasteiger partial charge on any atom is 0.231 e. The fraction of sp³-hybridized carbons (Fsp3) is 0.619. The molecule has 0 unspecified atom stereocenters. The molecule has 1 heterocycles. The molecule has 3 fully saturated rings. The zero-order valence-electron chi connectivity index (χ0n) is 15.9. The number of nitrogens with one attached hydrogen (secondary N) is 1. The second-order valence-electron chi connectivity index (χ2n) is 8.71. The van der Waals surface area contributed by atoms with Gasteiger partial charge in [0.2, 0.25) is 5.91 Å². The van der Waals surface area contributed by atoms with E-state index in [-0.39, 0.29) is 22.5 Å². The van der Waals surface area contributed by atoms with Crippen molar-refractivity contribution in [1.82, 2.24) is 0 Å². The molecule has 2 bridgehead atoms. The van der Waals surface area contributed by atoms with E-state index >= 15 is 0 Å². The molecule has 1 aliphatic heterocycles. The summed E-state index contributed by atoms with van der Waals surface area (Å²) in [5.74, 6) is 0.239. The summed E-state index contributed by atoms with van der Waals surface area (Å²) < 4.78 is 5.45. The van der Waals surface area contributed by atoms with Gasteiger partial charge in [0.25, 0.3) is 0 Å². The lowest BCUT2D eigenvalue weighted by atomic mass is 9.64. The Bertz CT molecular complexity index is 753. The van der Waals surface area contributed by atoms with E-state index in [9.17, 15) is 9.59 Å². The molecule has 0 aromatic heterocycles. The van der Waals surface area contributed by atoms with Gasteiger partial charge >= 0.3 is 0 Å². The van der Waals surface area contributed by atoms with E-state index in [1.807, 2.05) is 31.2 Å². The van der Waals surface area contributed by atoms with Crippen LogP contribution >= 0.6 is 0 Å². The van der Waals surface area contributed by atoms with Crippen molar-refractivity contribution in [2.45, 2.75) is 40.0 Å². The summed E-state index contributed by atoms with van der Waals surface area (Å²) >= 11 is 0. The van der Waals surface area contributed by atoms with E-state index in [4.69, 9.17) is 4.74 Å². The number of fused-ring (bicyclic) bond motifs is 2. The zero-order chi connectivity index (χ0) is 18.6. The summed E-state index contributed by atoms with van der Waals surface area (Å²) in [7, 11) is 0. The average molecular weight is 356 g/mol. The van der Waals surface area contributed by atoms with E-state index in [2.05, 4.69) is 24.1 Å². The molecule has 1 aromatic rings. The minimum atomic E-state index is -0.600. The first-order chi connectivity index (χ1) is 12.3. The number of ketones is 1. The van der Waals surface area contributed by atoms with Crippen LogP contribution in [0.25, 0.3) is 0 Å². The molecular weight excluding hydrogens is 328 g/mol. The molecule has 1 N–H and O–H groups in total. The zero-order valence-corrected chi connectivity index (χ0v) is 15.9. The first kappa shape index (κ1) is 17.5. The molecule has 4 rings (SSSR count). The fourth-order valence-corrected chi connectivity index (χ4v) is 5.26. The van der Waals surface area contributed by atoms with Crippen molar-refractivity contribution >= 4 is 23.1 Å². The highest BCUT2D eigenvalue weighted by Crippen LogP contribution is 2.70. The smallest absolute Gasteiger partial charge is 0.231 e. The minimum Gasteiger partial charge on any atom is -0.378 e. The topological polar surface area (TPSA) is 58.6 Å². The van der Waals surface area contributed by atoms with Crippen LogP contribution in [0.5, 0.6) is 0 Å². The van der Waals surface area contributed by atoms with Crippen molar-refractivity contribution in [3.05, 3.63) is 24.3 Å². The predicted octanol–water partition coefficient (Wildman–Crippen LogP) is 3.25. The minimum absolute atomic E-state index is 0.00205. The second-order valence-corrected chi connectivity index (χ2v) is 8.71. The number of Topliss-reactive ketones (excluding diaryl/α,β-unsaturated/α-hetero) is 1. The third-order valence-electron chi connectivity index (χ3n) is 7.64. The second kappa shape index (κ2) is 5.81. The molecule has 0 spiro atoms. The fourth-order valence-electron chi connectivity index (χ4n) is 5.26. The van der Waals surface area contributed by atoms with Crippen molar-refractivity contribution in [1.29, 1.82) is 0 Å². The Balaban J connectivity index is 1.63. The van der Waals surface area contributed by atoms with Gasteiger partial charge in [0.05, 0.1) is 30.0 Å². The monoisotopic (exact) mass is 356 g/mol. The molecule has 2 saturated carbocycles. The summed E-state index contributed by atoms with van der Waals surface area (Å²) in [6.45, 7) is 9.27. The third kappa shape index (κ3) is 2.19. The Morgan fingerprint density at radius 2 is 1.81 bits per heavy atom. The quantitative estimate of drug-likeness (QED) is 0.903. The number of morpholine rings is 1. The van der Waals surface area contributed by atoms with Crippen molar-refractivity contribution in [3.8, 4) is 0 Å². The summed E-state index contributed by atoms with van der Waals surface area (Å²) in [6, 6.07) is 7.94. The van der Waals surface area contributed by atoms with Gasteiger partial charge in [0, 0.05) is 24.9 Å². The normalized spacial score (nSPS) is 32.7. The van der Waals surface area contributed by atoms with Gasteiger partial charge in [-0.25, -0.2) is 0 Å². The Morgan fingerprint density at radius 1 is 1.12 bits per heavy atom. The number of amides is 1. The number of nitrogens with zero attached hydrogens (tertiary/aromatic N) is 1. The van der Waals surface area contributed by atoms with Crippen LogP contribution in [0.3, 0.4) is 0 Å². The maximum absolute atomic E-state index is 13.4. The molecule has 140 valence electrons. The van der Waals surface area contributed by atoms with Gasteiger partial charge in [-0.3, -0.25) is 9.59 Å². The van der Waals surface area contributed by atoms with Crippen molar-refractivity contribution in [2.24, 2.45) is 16.2 Å². The van der Waals surface area contributed by atoms with Gasteiger partial charge < -0.3 is 15.0 Å². The molecular formula is C21H28N2O3. The van der Waals surface area contributed by atoms with Crippen LogP contribution in [0.4, 0.5) is 11.4 Å². The summed E-state index contributed by atoms with van der Waals surface area (Å²) in [5.41, 5.74) is 0.557. The molecule has 1 aromatic carbocycles. The Morgan fingerprint density at radius 3 is 2.42 bits per heavy atom.